The minimum Gasteiger partial charge on any atom is -0.221 e. The second-order valence-corrected chi connectivity index (χ2v) is 10.3. The van der Waals surface area contributed by atoms with Crippen molar-refractivity contribution in [3.05, 3.63) is 130 Å². The summed E-state index contributed by atoms with van der Waals surface area (Å²) in [7, 11) is 0. The van der Waals surface area contributed by atoms with Crippen molar-refractivity contribution in [2.75, 3.05) is 0 Å². The molecular weight excluding hydrogens is 612 g/mol. The molecule has 0 amide bonds. The second kappa shape index (κ2) is 10.9. The number of benzene rings is 4. The molecule has 0 nitrogen and oxygen atoms in total. The second-order valence-electron chi connectivity index (χ2n) is 10.3. The van der Waals surface area contributed by atoms with Crippen LogP contribution in [0.3, 0.4) is 0 Å². The van der Waals surface area contributed by atoms with Crippen molar-refractivity contribution in [1.82, 2.24) is 0 Å². The highest BCUT2D eigenvalue weighted by Gasteiger charge is 2.73. The van der Waals surface area contributed by atoms with Crippen LogP contribution in [0.15, 0.2) is 97.1 Å². The maximum atomic E-state index is 15.6. The molecule has 4 rings (SSSR count). The van der Waals surface area contributed by atoms with Gasteiger partial charge < -0.3 is 0 Å². The van der Waals surface area contributed by atoms with Crippen molar-refractivity contribution in [3.63, 3.8) is 0 Å². The standard InChI is InChI=1S/C32H22F12/c1-19-3-11-25(12-4-19)29(35,36)27(33,31(39,40)41)23-15-7-21(8-16-23)22-9-17-24(18-10-22)28(34,32(42,43)44)30(37,38)26-13-5-20(2)6-14-26/h3-18H,1-2H3. The van der Waals surface area contributed by atoms with Crippen molar-refractivity contribution in [2.24, 2.45) is 0 Å². The number of hydrogen-bond acceptors (Lipinski definition) is 0. The Morgan fingerprint density at radius 1 is 0.318 bits per heavy atom. The van der Waals surface area contributed by atoms with E-state index in [2.05, 4.69) is 0 Å². The molecule has 234 valence electrons. The van der Waals surface area contributed by atoms with Crippen LogP contribution in [0.1, 0.15) is 33.4 Å². The summed E-state index contributed by atoms with van der Waals surface area (Å²) >= 11 is 0. The van der Waals surface area contributed by atoms with Crippen LogP contribution in [0.4, 0.5) is 52.7 Å². The molecule has 0 bridgehead atoms. The SMILES string of the molecule is Cc1ccc(C(F)(F)C(F)(c2ccc(-c3ccc(C(F)(C(F)(F)F)C(F)(F)c4ccc(C)cc4)cc3)cc2)C(F)(F)F)cc1. The normalized spacial score (nSPS) is 15.9. The van der Waals surface area contributed by atoms with Crippen LogP contribution in [-0.4, -0.2) is 12.4 Å². The highest BCUT2D eigenvalue weighted by Crippen LogP contribution is 2.58. The van der Waals surface area contributed by atoms with Crippen molar-refractivity contribution in [1.29, 1.82) is 0 Å². The lowest BCUT2D eigenvalue weighted by Gasteiger charge is -2.36. The van der Waals surface area contributed by atoms with E-state index in [1.54, 1.807) is 0 Å². The average Bonchev–Trinajstić information content (AvgIpc) is 2.95. The zero-order valence-corrected chi connectivity index (χ0v) is 22.8. The molecule has 2 atom stereocenters. The van der Waals surface area contributed by atoms with Gasteiger partial charge >= 0.3 is 24.2 Å². The molecule has 0 aromatic heterocycles. The Hall–Kier alpha value is -3.96. The topological polar surface area (TPSA) is 0 Å². The molecule has 0 aliphatic rings. The summed E-state index contributed by atoms with van der Waals surface area (Å²) < 4.78 is 175. The zero-order chi connectivity index (χ0) is 32.9. The van der Waals surface area contributed by atoms with Gasteiger partial charge in [0.25, 0.3) is 11.3 Å². The first-order valence-corrected chi connectivity index (χ1v) is 12.8. The molecule has 44 heavy (non-hydrogen) atoms. The highest BCUT2D eigenvalue weighted by molar-refractivity contribution is 5.64. The van der Waals surface area contributed by atoms with E-state index < -0.39 is 57.8 Å². The number of rotatable bonds is 7. The lowest BCUT2D eigenvalue weighted by molar-refractivity contribution is -0.315. The molecule has 0 spiro atoms. The molecule has 0 heterocycles. The van der Waals surface area contributed by atoms with E-state index in [0.717, 1.165) is 48.5 Å². The Kier molecular flexibility index (Phi) is 8.15. The van der Waals surface area contributed by atoms with E-state index in [-0.39, 0.29) is 11.1 Å². The number of aryl methyl sites for hydroxylation is 2. The van der Waals surface area contributed by atoms with E-state index in [9.17, 15) is 26.3 Å². The summed E-state index contributed by atoms with van der Waals surface area (Å²) in [6.07, 6.45) is -12.2. The summed E-state index contributed by atoms with van der Waals surface area (Å²) in [5.74, 6) is -10.2. The molecule has 0 saturated heterocycles. The maximum absolute atomic E-state index is 15.6. The van der Waals surface area contributed by atoms with Crippen molar-refractivity contribution >= 4 is 0 Å². The van der Waals surface area contributed by atoms with Crippen LogP contribution < -0.4 is 0 Å². The average molecular weight is 635 g/mol. The molecule has 0 radical (unpaired) electrons. The van der Waals surface area contributed by atoms with Gasteiger partial charge in [-0.2, -0.15) is 43.9 Å². The molecule has 0 saturated carbocycles. The van der Waals surface area contributed by atoms with E-state index in [4.69, 9.17) is 0 Å². The largest absolute Gasteiger partial charge is 0.433 e. The quantitative estimate of drug-likeness (QED) is 0.178. The predicted octanol–water partition coefficient (Wildman–Crippen LogP) is 11.0. The van der Waals surface area contributed by atoms with Crippen LogP contribution in [0.5, 0.6) is 0 Å². The van der Waals surface area contributed by atoms with Gasteiger partial charge in [-0.15, -0.1) is 0 Å². The molecular formula is C32H22F12. The molecule has 4 aromatic carbocycles. The third kappa shape index (κ3) is 5.21. The van der Waals surface area contributed by atoms with Gasteiger partial charge in [0.15, 0.2) is 0 Å². The van der Waals surface area contributed by atoms with Gasteiger partial charge in [-0.25, -0.2) is 8.78 Å². The molecule has 12 heteroatoms. The van der Waals surface area contributed by atoms with Crippen LogP contribution in [0.25, 0.3) is 11.1 Å². The first-order chi connectivity index (χ1) is 20.2. The summed E-state index contributed by atoms with van der Waals surface area (Å²) in [5, 5.41) is 0. The number of hydrogen-bond donors (Lipinski definition) is 0. The predicted molar refractivity (Wildman–Crippen MR) is 140 cm³/mol. The minimum absolute atomic E-state index is 0.106. The van der Waals surface area contributed by atoms with Crippen molar-refractivity contribution in [2.45, 2.75) is 49.4 Å². The van der Waals surface area contributed by atoms with Gasteiger partial charge in [-0.05, 0) is 25.0 Å². The third-order valence-electron chi connectivity index (χ3n) is 7.37. The maximum Gasteiger partial charge on any atom is 0.433 e. The van der Waals surface area contributed by atoms with Crippen molar-refractivity contribution in [3.8, 4) is 11.1 Å². The van der Waals surface area contributed by atoms with Crippen LogP contribution in [-0.2, 0) is 23.2 Å². The fraction of sp³-hybridized carbons (Fsp3) is 0.250. The van der Waals surface area contributed by atoms with E-state index in [1.807, 2.05) is 0 Å². The summed E-state index contributed by atoms with van der Waals surface area (Å²) in [6.45, 7) is 2.98. The minimum atomic E-state index is -6.09. The molecule has 0 aliphatic carbocycles. The molecule has 0 fully saturated rings. The van der Waals surface area contributed by atoms with Crippen LogP contribution in [0.2, 0.25) is 0 Å². The van der Waals surface area contributed by atoms with Gasteiger partial charge in [-0.3, -0.25) is 0 Å². The Balaban J connectivity index is 1.73. The van der Waals surface area contributed by atoms with E-state index in [0.29, 0.717) is 59.7 Å². The fourth-order valence-corrected chi connectivity index (χ4v) is 4.75. The van der Waals surface area contributed by atoms with Crippen molar-refractivity contribution < 1.29 is 52.7 Å². The monoisotopic (exact) mass is 634 g/mol. The Morgan fingerprint density at radius 3 is 0.773 bits per heavy atom. The fourth-order valence-electron chi connectivity index (χ4n) is 4.75. The van der Waals surface area contributed by atoms with Gasteiger partial charge in [0.2, 0.25) is 0 Å². The molecule has 2 unspecified atom stereocenters. The van der Waals surface area contributed by atoms with E-state index in [1.165, 1.54) is 13.8 Å². The Labute approximate surface area is 244 Å². The van der Waals surface area contributed by atoms with Gasteiger partial charge in [-0.1, -0.05) is 108 Å². The summed E-state index contributed by atoms with van der Waals surface area (Å²) in [4.78, 5) is 0. The highest BCUT2D eigenvalue weighted by atomic mass is 19.4. The first kappa shape index (κ1) is 32.9. The van der Waals surface area contributed by atoms with Crippen LogP contribution >= 0.6 is 0 Å². The summed E-state index contributed by atoms with van der Waals surface area (Å²) in [5.41, 5.74) is -15.1. The lowest BCUT2D eigenvalue weighted by atomic mass is 9.82. The number of halogens is 12. The smallest absolute Gasteiger partial charge is 0.221 e. The van der Waals surface area contributed by atoms with Gasteiger partial charge in [0.1, 0.15) is 0 Å². The first-order valence-electron chi connectivity index (χ1n) is 12.8. The van der Waals surface area contributed by atoms with Gasteiger partial charge in [0.05, 0.1) is 0 Å². The lowest BCUT2D eigenvalue weighted by Crippen LogP contribution is -2.51. The molecule has 0 N–H and O–H groups in total. The molecule has 4 aromatic rings. The third-order valence-corrected chi connectivity index (χ3v) is 7.37. The Morgan fingerprint density at radius 2 is 0.545 bits per heavy atom. The Bertz CT molecular complexity index is 1460. The zero-order valence-electron chi connectivity index (χ0n) is 22.8. The molecule has 0 aliphatic heterocycles. The summed E-state index contributed by atoms with van der Waals surface area (Å²) in [6, 6.07) is 11.9. The number of alkyl halides is 12. The van der Waals surface area contributed by atoms with Crippen LogP contribution in [0, 0.1) is 13.8 Å². The van der Waals surface area contributed by atoms with Gasteiger partial charge in [0, 0.05) is 22.3 Å². The van der Waals surface area contributed by atoms with E-state index >= 15 is 26.3 Å².